The predicted molar refractivity (Wildman–Crippen MR) is 108 cm³/mol. The largest absolute Gasteiger partial charge is 0.481 e. The summed E-state index contributed by atoms with van der Waals surface area (Å²) < 4.78 is 0. The Kier molecular flexibility index (Phi) is 11.6. The van der Waals surface area contributed by atoms with Gasteiger partial charge >= 0.3 is 11.9 Å². The first-order valence-corrected chi connectivity index (χ1v) is 9.91. The summed E-state index contributed by atoms with van der Waals surface area (Å²) in [6, 6.07) is -4.64. The molecule has 172 valence electrons. The molecule has 0 aromatic heterocycles. The molecule has 0 saturated heterocycles. The van der Waals surface area contributed by atoms with Gasteiger partial charge in [-0.05, 0) is 25.2 Å². The number of aliphatic carboxylic acids is 2. The Morgan fingerprint density at radius 3 is 1.87 bits per heavy atom. The molecule has 0 spiro atoms. The Labute approximate surface area is 176 Å². The first kappa shape index (κ1) is 27.3. The summed E-state index contributed by atoms with van der Waals surface area (Å²) in [7, 11) is 0. The Hall–Kier alpha value is -2.69. The monoisotopic (exact) mass is 430 g/mol. The zero-order chi connectivity index (χ0) is 23.6. The van der Waals surface area contributed by atoms with E-state index in [1.165, 1.54) is 6.92 Å². The minimum Gasteiger partial charge on any atom is -0.481 e. The van der Waals surface area contributed by atoms with Gasteiger partial charge in [0.05, 0.1) is 12.5 Å². The molecule has 0 aliphatic rings. The number of carbonyl (C=O) groups is 5. The van der Waals surface area contributed by atoms with E-state index in [9.17, 15) is 24.0 Å². The summed E-state index contributed by atoms with van der Waals surface area (Å²) >= 11 is 0. The Balaban J connectivity index is 5.42. The third kappa shape index (κ3) is 9.68. The molecule has 0 radical (unpaired) electrons. The van der Waals surface area contributed by atoms with E-state index in [0.717, 1.165) is 0 Å². The van der Waals surface area contributed by atoms with E-state index >= 15 is 0 Å². The molecule has 0 aromatic carbocycles. The van der Waals surface area contributed by atoms with Crippen LogP contribution < -0.4 is 21.7 Å². The highest BCUT2D eigenvalue weighted by atomic mass is 16.4. The molecule has 0 bridgehead atoms. The number of carboxylic acids is 2. The maximum atomic E-state index is 12.7. The molecule has 30 heavy (non-hydrogen) atoms. The van der Waals surface area contributed by atoms with Crippen molar-refractivity contribution < 1.29 is 34.2 Å². The lowest BCUT2D eigenvalue weighted by atomic mass is 9.97. The molecular weight excluding hydrogens is 396 g/mol. The Bertz CT molecular complexity index is 638. The molecule has 5 unspecified atom stereocenters. The lowest BCUT2D eigenvalue weighted by Crippen LogP contribution is -2.58. The van der Waals surface area contributed by atoms with Crippen LogP contribution in [0.2, 0.25) is 0 Å². The number of nitrogens with two attached hydrogens (primary N) is 1. The van der Waals surface area contributed by atoms with Gasteiger partial charge in [0.25, 0.3) is 0 Å². The molecule has 0 aromatic rings. The van der Waals surface area contributed by atoms with Crippen molar-refractivity contribution in [2.24, 2.45) is 17.6 Å². The van der Waals surface area contributed by atoms with E-state index in [0.29, 0.717) is 12.8 Å². The first-order chi connectivity index (χ1) is 13.8. The van der Waals surface area contributed by atoms with E-state index in [-0.39, 0.29) is 11.8 Å². The lowest BCUT2D eigenvalue weighted by Gasteiger charge is -2.27. The van der Waals surface area contributed by atoms with Crippen molar-refractivity contribution in [3.05, 3.63) is 0 Å². The highest BCUT2D eigenvalue weighted by molar-refractivity contribution is 5.95. The van der Waals surface area contributed by atoms with Crippen LogP contribution >= 0.6 is 0 Å². The molecule has 0 fully saturated rings. The van der Waals surface area contributed by atoms with Crippen molar-refractivity contribution in [1.29, 1.82) is 0 Å². The number of carboxylic acid groups (broad SMARTS) is 2. The van der Waals surface area contributed by atoms with Gasteiger partial charge in [0, 0.05) is 0 Å². The number of rotatable bonds is 13. The minimum atomic E-state index is -1.44. The second kappa shape index (κ2) is 12.8. The van der Waals surface area contributed by atoms with Gasteiger partial charge in [-0.15, -0.1) is 0 Å². The number of nitrogens with one attached hydrogen (secondary N) is 3. The fourth-order valence-corrected chi connectivity index (χ4v) is 2.60. The van der Waals surface area contributed by atoms with Gasteiger partial charge in [-0.1, -0.05) is 34.1 Å². The quantitative estimate of drug-likeness (QED) is 0.224. The van der Waals surface area contributed by atoms with Crippen molar-refractivity contribution in [1.82, 2.24) is 16.0 Å². The van der Waals surface area contributed by atoms with Crippen LogP contribution in [0.1, 0.15) is 53.9 Å². The summed E-state index contributed by atoms with van der Waals surface area (Å²) in [6.45, 7) is 8.46. The summed E-state index contributed by atoms with van der Waals surface area (Å²) in [5.74, 6) is -5.08. The number of carbonyl (C=O) groups excluding carboxylic acids is 3. The minimum absolute atomic E-state index is 0.118. The second-order valence-electron chi connectivity index (χ2n) is 7.84. The van der Waals surface area contributed by atoms with Gasteiger partial charge in [-0.25, -0.2) is 0 Å². The Morgan fingerprint density at radius 1 is 0.867 bits per heavy atom. The number of hydrogen-bond acceptors (Lipinski definition) is 6. The SMILES string of the molecule is CCC(C)C(NC(=O)C(CC(=O)O)NC(=O)C(N)CC(C)C)C(=O)NC(C)C(=O)O. The number of hydrogen-bond donors (Lipinski definition) is 6. The highest BCUT2D eigenvalue weighted by Gasteiger charge is 2.32. The molecular formula is C19H34N4O7. The van der Waals surface area contributed by atoms with Gasteiger partial charge < -0.3 is 31.9 Å². The van der Waals surface area contributed by atoms with Crippen LogP contribution in [0, 0.1) is 11.8 Å². The average Bonchev–Trinajstić information content (AvgIpc) is 2.63. The van der Waals surface area contributed by atoms with Crippen molar-refractivity contribution >= 4 is 29.7 Å². The van der Waals surface area contributed by atoms with E-state index in [2.05, 4.69) is 16.0 Å². The third-order valence-electron chi connectivity index (χ3n) is 4.60. The van der Waals surface area contributed by atoms with E-state index < -0.39 is 60.2 Å². The van der Waals surface area contributed by atoms with Gasteiger partial charge in [0.15, 0.2) is 0 Å². The highest BCUT2D eigenvalue weighted by Crippen LogP contribution is 2.10. The summed E-state index contributed by atoms with van der Waals surface area (Å²) in [5.41, 5.74) is 5.79. The smallest absolute Gasteiger partial charge is 0.325 e. The molecule has 5 atom stereocenters. The first-order valence-electron chi connectivity index (χ1n) is 9.91. The Morgan fingerprint density at radius 2 is 1.43 bits per heavy atom. The predicted octanol–water partition coefficient (Wildman–Crippen LogP) is -0.560. The maximum absolute atomic E-state index is 12.7. The zero-order valence-corrected chi connectivity index (χ0v) is 18.1. The van der Waals surface area contributed by atoms with E-state index in [4.69, 9.17) is 15.9 Å². The molecule has 0 aliphatic heterocycles. The van der Waals surface area contributed by atoms with Crippen LogP contribution in [-0.4, -0.2) is 64.0 Å². The molecule has 7 N–H and O–H groups in total. The van der Waals surface area contributed by atoms with Crippen LogP contribution in [0.3, 0.4) is 0 Å². The van der Waals surface area contributed by atoms with Crippen molar-refractivity contribution in [3.8, 4) is 0 Å². The molecule has 0 aliphatic carbocycles. The van der Waals surface area contributed by atoms with Crippen molar-refractivity contribution in [3.63, 3.8) is 0 Å². The van der Waals surface area contributed by atoms with Crippen LogP contribution in [0.4, 0.5) is 0 Å². The van der Waals surface area contributed by atoms with Crippen LogP contribution in [0.25, 0.3) is 0 Å². The average molecular weight is 431 g/mol. The van der Waals surface area contributed by atoms with Gasteiger partial charge in [-0.2, -0.15) is 0 Å². The lowest BCUT2D eigenvalue weighted by molar-refractivity contribution is -0.143. The molecule has 11 heteroatoms. The number of amides is 3. The molecule has 0 rings (SSSR count). The standard InChI is InChI=1S/C19H34N4O7/c1-6-10(4)15(18(28)21-11(5)19(29)30)23-17(27)13(8-14(24)25)22-16(26)12(20)7-9(2)3/h9-13,15H,6-8,20H2,1-5H3,(H,21,28)(H,22,26)(H,23,27)(H,24,25)(H,29,30). The van der Waals surface area contributed by atoms with Crippen LogP contribution in [0.15, 0.2) is 0 Å². The van der Waals surface area contributed by atoms with Gasteiger partial charge in [0.2, 0.25) is 17.7 Å². The summed E-state index contributed by atoms with van der Waals surface area (Å²) in [4.78, 5) is 59.6. The summed E-state index contributed by atoms with van der Waals surface area (Å²) in [5, 5.41) is 25.1. The fraction of sp³-hybridized carbons (Fsp3) is 0.737. The van der Waals surface area contributed by atoms with Gasteiger partial charge in [0.1, 0.15) is 18.1 Å². The molecule has 0 heterocycles. The maximum Gasteiger partial charge on any atom is 0.325 e. The topological polar surface area (TPSA) is 188 Å². The zero-order valence-electron chi connectivity index (χ0n) is 18.1. The van der Waals surface area contributed by atoms with Crippen molar-refractivity contribution in [2.45, 2.75) is 78.0 Å². The molecule has 3 amide bonds. The molecule has 0 saturated carbocycles. The fourth-order valence-electron chi connectivity index (χ4n) is 2.60. The van der Waals surface area contributed by atoms with Crippen LogP contribution in [0.5, 0.6) is 0 Å². The molecule has 11 nitrogen and oxygen atoms in total. The normalized spacial score (nSPS) is 16.0. The third-order valence-corrected chi connectivity index (χ3v) is 4.60. The van der Waals surface area contributed by atoms with Gasteiger partial charge in [-0.3, -0.25) is 24.0 Å². The van der Waals surface area contributed by atoms with Crippen LogP contribution in [-0.2, 0) is 24.0 Å². The van der Waals surface area contributed by atoms with E-state index in [1.54, 1.807) is 13.8 Å². The van der Waals surface area contributed by atoms with E-state index in [1.807, 2.05) is 13.8 Å². The summed E-state index contributed by atoms with van der Waals surface area (Å²) in [6.07, 6.45) is 0.125. The second-order valence-corrected chi connectivity index (χ2v) is 7.84. The van der Waals surface area contributed by atoms with Crippen molar-refractivity contribution in [2.75, 3.05) is 0 Å².